The molecule has 0 radical (unpaired) electrons. The van der Waals surface area contributed by atoms with Crippen LogP contribution in [0.5, 0.6) is 0 Å². The van der Waals surface area contributed by atoms with Crippen LogP contribution in [0.15, 0.2) is 0 Å². The van der Waals surface area contributed by atoms with Crippen LogP contribution in [0.25, 0.3) is 0 Å². The minimum atomic E-state index is -5.17. The summed E-state index contributed by atoms with van der Waals surface area (Å²) >= 11 is 0. The Morgan fingerprint density at radius 1 is 1.17 bits per heavy atom. The molecule has 0 amide bonds. The van der Waals surface area contributed by atoms with Gasteiger partial charge in [0.15, 0.2) is 0 Å². The van der Waals surface area contributed by atoms with Crippen molar-refractivity contribution in [2.45, 2.75) is 6.92 Å². The first kappa shape index (κ1) is 29.4. The summed E-state index contributed by atoms with van der Waals surface area (Å²) in [7, 11) is -5.17. The van der Waals surface area contributed by atoms with Gasteiger partial charge in [0.2, 0.25) is 0 Å². The molecule has 10 heteroatoms. The number of carboxylic acids is 1. The Kier molecular flexibility index (Phi) is 40.2. The zero-order valence-corrected chi connectivity index (χ0v) is 15.3. The van der Waals surface area contributed by atoms with Crippen LogP contribution in [0.1, 0.15) is 6.92 Å². The largest absolute Gasteiger partial charge is 1.00 e. The number of carbonyl (C=O) groups excluding carboxylic acids is 1. The van der Waals surface area contributed by atoms with Gasteiger partial charge in [0.05, 0.1) is 0 Å². The monoisotopic (exact) mass is 240 g/mol. The Balaban J connectivity index is -0.0000000221. The zero-order chi connectivity index (χ0) is 8.08. The van der Waals surface area contributed by atoms with Gasteiger partial charge in [0, 0.05) is 16.4 Å². The number of hydrogen-bond donors (Lipinski definition) is 0. The predicted molar refractivity (Wildman–Crippen MR) is 21.2 cm³/mol. The molecule has 0 rings (SSSR count). The van der Waals surface area contributed by atoms with Gasteiger partial charge in [-0.15, -0.1) is 0 Å². The van der Waals surface area contributed by atoms with Gasteiger partial charge in [0.25, 0.3) is 0 Å². The Labute approximate surface area is 157 Å². The first-order valence-corrected chi connectivity index (χ1v) is 2.91. The third-order valence-electron chi connectivity index (χ3n) is 0. The molecule has 0 atom stereocenters. The fourth-order valence-electron chi connectivity index (χ4n) is 0. The molecular formula is C2H3KNa2O6S. The average molecular weight is 240 g/mol. The summed E-state index contributed by atoms with van der Waals surface area (Å²) in [5.41, 5.74) is 0. The third kappa shape index (κ3) is 210. The molecule has 0 bridgehead atoms. The van der Waals surface area contributed by atoms with Crippen molar-refractivity contribution < 1.29 is 138 Å². The number of carbonyl (C=O) groups is 1. The van der Waals surface area contributed by atoms with E-state index in [1.807, 2.05) is 0 Å². The van der Waals surface area contributed by atoms with E-state index < -0.39 is 16.4 Å². The van der Waals surface area contributed by atoms with Crippen LogP contribution in [0, 0.1) is 0 Å². The van der Waals surface area contributed by atoms with E-state index in [1.165, 1.54) is 0 Å². The second kappa shape index (κ2) is 16.4. The molecule has 0 heterocycles. The van der Waals surface area contributed by atoms with E-state index in [0.717, 1.165) is 6.92 Å². The molecule has 0 saturated carbocycles. The second-order valence-corrected chi connectivity index (χ2v) is 1.72. The average Bonchev–Trinajstić information content (AvgIpc) is 1.19. The Hall–Kier alpha value is 2.98. The van der Waals surface area contributed by atoms with Gasteiger partial charge in [0.1, 0.15) is 0 Å². The van der Waals surface area contributed by atoms with Crippen molar-refractivity contribution >= 4 is 16.4 Å². The fraction of sp³-hybridized carbons (Fsp3) is 0.500. The van der Waals surface area contributed by atoms with Crippen molar-refractivity contribution in [2.24, 2.45) is 0 Å². The SMILES string of the molecule is CC(=O)[O-].O=S(=O)([O-])[O-].[K+].[Na+].[Na+]. The van der Waals surface area contributed by atoms with E-state index in [4.69, 9.17) is 27.4 Å². The first-order chi connectivity index (χ1) is 3.73. The van der Waals surface area contributed by atoms with Crippen molar-refractivity contribution in [3.8, 4) is 0 Å². The molecule has 56 valence electrons. The minimum Gasteiger partial charge on any atom is -0.759 e. The van der Waals surface area contributed by atoms with Gasteiger partial charge >= 0.3 is 110 Å². The Bertz CT molecular complexity index is 166. The zero-order valence-electron chi connectivity index (χ0n) is 7.36. The number of hydrogen-bond acceptors (Lipinski definition) is 6. The van der Waals surface area contributed by atoms with Crippen LogP contribution in [-0.2, 0) is 15.2 Å². The Morgan fingerprint density at radius 2 is 1.17 bits per heavy atom. The van der Waals surface area contributed by atoms with Crippen molar-refractivity contribution in [3.63, 3.8) is 0 Å². The van der Waals surface area contributed by atoms with Crippen LogP contribution in [0.3, 0.4) is 0 Å². The van der Waals surface area contributed by atoms with Crippen molar-refractivity contribution in [2.75, 3.05) is 0 Å². The van der Waals surface area contributed by atoms with E-state index in [-0.39, 0.29) is 110 Å². The maximum absolute atomic E-state index is 8.89. The molecule has 6 nitrogen and oxygen atoms in total. The molecule has 0 aromatic rings. The van der Waals surface area contributed by atoms with E-state index in [2.05, 4.69) is 0 Å². The van der Waals surface area contributed by atoms with Crippen molar-refractivity contribution in [3.05, 3.63) is 0 Å². The van der Waals surface area contributed by atoms with Crippen LogP contribution in [0.4, 0.5) is 0 Å². The van der Waals surface area contributed by atoms with Gasteiger partial charge in [-0.05, 0) is 6.92 Å². The normalized spacial score (nSPS) is 6.92. The van der Waals surface area contributed by atoms with Crippen molar-refractivity contribution in [1.29, 1.82) is 0 Å². The number of aliphatic carboxylic acids is 1. The molecule has 0 spiro atoms. The summed E-state index contributed by atoms with van der Waals surface area (Å²) < 4.78 is 34.1. The summed E-state index contributed by atoms with van der Waals surface area (Å²) in [4.78, 5) is 8.89. The molecule has 0 N–H and O–H groups in total. The van der Waals surface area contributed by atoms with Crippen LogP contribution in [-0.4, -0.2) is 23.5 Å². The summed E-state index contributed by atoms with van der Waals surface area (Å²) in [6.07, 6.45) is 0. The molecule has 0 unspecified atom stereocenters. The molecule has 0 aliphatic rings. The number of rotatable bonds is 0. The molecule has 0 aromatic heterocycles. The minimum absolute atomic E-state index is 0. The van der Waals surface area contributed by atoms with Gasteiger partial charge < -0.3 is 19.0 Å². The molecule has 0 aliphatic heterocycles. The van der Waals surface area contributed by atoms with Crippen LogP contribution < -0.4 is 116 Å². The number of carboxylic acid groups (broad SMARTS) is 1. The van der Waals surface area contributed by atoms with Crippen molar-refractivity contribution in [1.82, 2.24) is 0 Å². The third-order valence-corrected chi connectivity index (χ3v) is 0. The smallest absolute Gasteiger partial charge is 0.759 e. The van der Waals surface area contributed by atoms with Gasteiger partial charge in [-0.2, -0.15) is 0 Å². The van der Waals surface area contributed by atoms with E-state index in [0.29, 0.717) is 0 Å². The quantitative estimate of drug-likeness (QED) is 0.235. The van der Waals surface area contributed by atoms with E-state index >= 15 is 0 Å². The van der Waals surface area contributed by atoms with Crippen LogP contribution >= 0.6 is 0 Å². The fourth-order valence-corrected chi connectivity index (χ4v) is 0. The molecule has 12 heavy (non-hydrogen) atoms. The molecule has 0 fully saturated rings. The molecule has 0 saturated heterocycles. The van der Waals surface area contributed by atoms with E-state index in [1.54, 1.807) is 0 Å². The molecular weight excluding hydrogens is 237 g/mol. The summed E-state index contributed by atoms with van der Waals surface area (Å²) in [6, 6.07) is 0. The second-order valence-electron chi connectivity index (χ2n) is 0.900. The topological polar surface area (TPSA) is 120 Å². The summed E-state index contributed by atoms with van der Waals surface area (Å²) in [5, 5.41) is 8.89. The maximum Gasteiger partial charge on any atom is 1.00 e. The Morgan fingerprint density at radius 3 is 1.17 bits per heavy atom. The van der Waals surface area contributed by atoms with Gasteiger partial charge in [-0.25, -0.2) is 0 Å². The standard InChI is InChI=1S/C2H4O2.K.2Na.H2O4S/c1-2(3)4;;;;1-5(2,3)4/h1H3,(H,3,4);;;;(H2,1,2,3,4)/q;3*+1;/p-3. The van der Waals surface area contributed by atoms with Gasteiger partial charge in [-0.3, -0.25) is 8.42 Å². The van der Waals surface area contributed by atoms with Crippen LogP contribution in [0.2, 0.25) is 0 Å². The van der Waals surface area contributed by atoms with E-state index in [9.17, 15) is 0 Å². The molecule has 0 aromatic carbocycles. The maximum atomic E-state index is 8.89. The first-order valence-electron chi connectivity index (χ1n) is 1.57. The predicted octanol–water partition coefficient (Wildman–Crippen LogP) is -11.6. The summed E-state index contributed by atoms with van der Waals surface area (Å²) in [6.45, 7) is 0.972. The van der Waals surface area contributed by atoms with Gasteiger partial charge in [-0.1, -0.05) is 0 Å². The molecule has 0 aliphatic carbocycles. The summed E-state index contributed by atoms with van der Waals surface area (Å²) in [5.74, 6) is -1.08.